The normalized spacial score (nSPS) is 13.5. The minimum Gasteiger partial charge on any atom is -0.462 e. The van der Waals surface area contributed by atoms with Gasteiger partial charge in [0.2, 0.25) is 5.91 Å². The van der Waals surface area contributed by atoms with Gasteiger partial charge < -0.3 is 20.3 Å². The highest BCUT2D eigenvalue weighted by atomic mass is 16.5. The maximum atomic E-state index is 13.1. The van der Waals surface area contributed by atoms with Crippen molar-refractivity contribution in [3.8, 4) is 0 Å². The first-order valence-electron chi connectivity index (χ1n) is 25.7. The molecule has 0 saturated heterocycles. The Hall–Kier alpha value is -1.92. The van der Waals surface area contributed by atoms with Gasteiger partial charge in [0.25, 0.3) is 0 Å². The van der Waals surface area contributed by atoms with Gasteiger partial charge in [-0.05, 0) is 70.6 Å². The first-order valence-corrected chi connectivity index (χ1v) is 25.7. The number of ether oxygens (including phenoxy) is 1. The monoisotopic (exact) mass is 830 g/mol. The fourth-order valence-corrected chi connectivity index (χ4v) is 7.78. The third-order valence-corrected chi connectivity index (χ3v) is 11.7. The molecule has 0 rings (SSSR count). The third kappa shape index (κ3) is 42.6. The van der Waals surface area contributed by atoms with Gasteiger partial charge in [-0.15, -0.1) is 0 Å². The first kappa shape index (κ1) is 57.1. The zero-order valence-corrected chi connectivity index (χ0v) is 39.4. The van der Waals surface area contributed by atoms with Gasteiger partial charge in [-0.25, -0.2) is 0 Å². The summed E-state index contributed by atoms with van der Waals surface area (Å²) in [5.41, 5.74) is 0. The minimum atomic E-state index is -0.791. The number of aliphatic hydroxyl groups is 2. The van der Waals surface area contributed by atoms with Crippen LogP contribution < -0.4 is 5.32 Å². The highest BCUT2D eigenvalue weighted by Crippen LogP contribution is 2.18. The van der Waals surface area contributed by atoms with E-state index >= 15 is 0 Å². The van der Waals surface area contributed by atoms with Crippen LogP contribution in [0.1, 0.15) is 265 Å². The van der Waals surface area contributed by atoms with Gasteiger partial charge in [-0.1, -0.05) is 218 Å². The standard InChI is InChI=1S/C53H99NO5/c1-4-7-10-13-16-19-21-23-25-26-28-29-31-33-36-39-42-45-51(56)50(48-55)54-52(57)47-49(44-41-38-35-18-15-12-9-6-3)59-53(58)46-43-40-37-34-32-30-27-24-22-20-17-14-11-8-5-2/h12,15,17,20,22,24,49-51,55-56H,4-11,13-14,16,18-19,21,23,25-48H2,1-3H3,(H,54,57)/b15-12-,20-17+,24-22+. The molecule has 0 fully saturated rings. The smallest absolute Gasteiger partial charge is 0.306 e. The summed E-state index contributed by atoms with van der Waals surface area (Å²) in [6, 6.07) is -0.706. The number of rotatable bonds is 46. The Morgan fingerprint density at radius 1 is 0.492 bits per heavy atom. The molecule has 0 aromatic carbocycles. The second-order valence-electron chi connectivity index (χ2n) is 17.6. The zero-order valence-electron chi connectivity index (χ0n) is 39.4. The van der Waals surface area contributed by atoms with Crippen LogP contribution in [0.4, 0.5) is 0 Å². The molecule has 0 aromatic heterocycles. The third-order valence-electron chi connectivity index (χ3n) is 11.7. The molecule has 0 bridgehead atoms. The van der Waals surface area contributed by atoms with Crippen molar-refractivity contribution in [3.63, 3.8) is 0 Å². The second kappa shape index (κ2) is 47.1. The van der Waals surface area contributed by atoms with E-state index in [0.717, 1.165) is 77.0 Å². The van der Waals surface area contributed by atoms with Crippen molar-refractivity contribution in [2.45, 2.75) is 283 Å². The molecule has 6 heteroatoms. The number of hydrogen-bond donors (Lipinski definition) is 3. The quantitative estimate of drug-likeness (QED) is 0.0246. The van der Waals surface area contributed by atoms with Crippen LogP contribution in [-0.4, -0.2) is 46.9 Å². The zero-order chi connectivity index (χ0) is 43.1. The number of amides is 1. The van der Waals surface area contributed by atoms with Gasteiger partial charge >= 0.3 is 5.97 Å². The summed E-state index contributed by atoms with van der Waals surface area (Å²) in [6.45, 7) is 6.39. The fraction of sp³-hybridized carbons (Fsp3) is 0.849. The summed E-state index contributed by atoms with van der Waals surface area (Å²) in [5.74, 6) is -0.501. The molecule has 0 spiro atoms. The largest absolute Gasteiger partial charge is 0.462 e. The van der Waals surface area contributed by atoms with Crippen molar-refractivity contribution in [1.82, 2.24) is 5.32 Å². The number of allylic oxidation sites excluding steroid dienone is 6. The number of unbranched alkanes of at least 4 members (excludes halogenated alkanes) is 29. The Morgan fingerprint density at radius 2 is 0.898 bits per heavy atom. The molecular weight excluding hydrogens is 731 g/mol. The van der Waals surface area contributed by atoms with Crippen LogP contribution in [0.5, 0.6) is 0 Å². The molecule has 0 heterocycles. The number of carbonyl (C=O) groups excluding carboxylic acids is 2. The summed E-state index contributed by atoms with van der Waals surface area (Å²) >= 11 is 0. The highest BCUT2D eigenvalue weighted by molar-refractivity contribution is 5.77. The Labute approximate surface area is 366 Å². The Morgan fingerprint density at radius 3 is 1.42 bits per heavy atom. The number of hydrogen-bond acceptors (Lipinski definition) is 5. The van der Waals surface area contributed by atoms with Gasteiger partial charge in [0.15, 0.2) is 0 Å². The summed E-state index contributed by atoms with van der Waals surface area (Å²) < 4.78 is 5.89. The summed E-state index contributed by atoms with van der Waals surface area (Å²) in [7, 11) is 0. The van der Waals surface area contributed by atoms with Crippen molar-refractivity contribution < 1.29 is 24.5 Å². The molecule has 0 aromatic rings. The minimum absolute atomic E-state index is 0.0631. The first-order chi connectivity index (χ1) is 29.0. The maximum Gasteiger partial charge on any atom is 0.306 e. The van der Waals surface area contributed by atoms with E-state index in [0.29, 0.717) is 19.3 Å². The molecule has 3 atom stereocenters. The molecule has 0 radical (unpaired) electrons. The molecule has 346 valence electrons. The van der Waals surface area contributed by atoms with Crippen LogP contribution in [0.25, 0.3) is 0 Å². The number of nitrogens with one attached hydrogen (secondary N) is 1. The highest BCUT2D eigenvalue weighted by Gasteiger charge is 2.24. The predicted molar refractivity (Wildman–Crippen MR) is 255 cm³/mol. The average Bonchev–Trinajstić information content (AvgIpc) is 3.23. The molecule has 0 aliphatic heterocycles. The molecule has 59 heavy (non-hydrogen) atoms. The Balaban J connectivity index is 4.39. The second-order valence-corrected chi connectivity index (χ2v) is 17.6. The van der Waals surface area contributed by atoms with E-state index in [1.807, 2.05) is 0 Å². The SMILES string of the molecule is CCC/C=C\CCCCCC(CC(=O)NC(CO)C(O)CCCCCCCCCCCCCCCCCCC)OC(=O)CCCCCCCC/C=C/C=C/CCCCC. The van der Waals surface area contributed by atoms with Crippen LogP contribution in [0, 0.1) is 0 Å². The van der Waals surface area contributed by atoms with E-state index in [-0.39, 0.29) is 24.9 Å². The molecule has 0 aliphatic rings. The van der Waals surface area contributed by atoms with Crippen LogP contribution in [0.3, 0.4) is 0 Å². The van der Waals surface area contributed by atoms with Gasteiger partial charge in [-0.3, -0.25) is 9.59 Å². The van der Waals surface area contributed by atoms with E-state index in [1.165, 1.54) is 141 Å². The van der Waals surface area contributed by atoms with Gasteiger partial charge in [0.1, 0.15) is 6.10 Å². The lowest BCUT2D eigenvalue weighted by molar-refractivity contribution is -0.151. The molecule has 1 amide bonds. The number of carbonyl (C=O) groups is 2. The molecule has 0 aliphatic carbocycles. The topological polar surface area (TPSA) is 95.9 Å². The lowest BCUT2D eigenvalue weighted by Gasteiger charge is -2.24. The Kier molecular flexibility index (Phi) is 45.6. The predicted octanol–water partition coefficient (Wildman–Crippen LogP) is 15.3. The van der Waals surface area contributed by atoms with E-state index < -0.39 is 18.2 Å². The maximum absolute atomic E-state index is 13.1. The Bertz CT molecular complexity index is 977. The van der Waals surface area contributed by atoms with E-state index in [9.17, 15) is 19.8 Å². The molecule has 3 unspecified atom stereocenters. The van der Waals surface area contributed by atoms with Gasteiger partial charge in [0, 0.05) is 6.42 Å². The molecule has 0 saturated carbocycles. The lowest BCUT2D eigenvalue weighted by atomic mass is 10.0. The average molecular weight is 830 g/mol. The number of aliphatic hydroxyl groups excluding tert-OH is 2. The summed E-state index contributed by atoms with van der Waals surface area (Å²) in [6.07, 6.45) is 55.0. The lowest BCUT2D eigenvalue weighted by Crippen LogP contribution is -2.46. The molecule has 3 N–H and O–H groups in total. The van der Waals surface area contributed by atoms with Crippen LogP contribution in [0.15, 0.2) is 36.5 Å². The van der Waals surface area contributed by atoms with Crippen molar-refractivity contribution in [3.05, 3.63) is 36.5 Å². The summed E-state index contributed by atoms with van der Waals surface area (Å²) in [4.78, 5) is 26.0. The van der Waals surface area contributed by atoms with Gasteiger partial charge in [0.05, 0.1) is 25.2 Å². The van der Waals surface area contributed by atoms with Crippen LogP contribution in [-0.2, 0) is 14.3 Å². The summed E-state index contributed by atoms with van der Waals surface area (Å²) in [5, 5.41) is 23.7. The fourth-order valence-electron chi connectivity index (χ4n) is 7.78. The van der Waals surface area contributed by atoms with E-state index in [1.54, 1.807) is 0 Å². The van der Waals surface area contributed by atoms with Crippen LogP contribution in [0.2, 0.25) is 0 Å². The van der Waals surface area contributed by atoms with Crippen molar-refractivity contribution in [1.29, 1.82) is 0 Å². The van der Waals surface area contributed by atoms with Crippen molar-refractivity contribution in [2.24, 2.45) is 0 Å². The van der Waals surface area contributed by atoms with Crippen LogP contribution >= 0.6 is 0 Å². The van der Waals surface area contributed by atoms with Gasteiger partial charge in [-0.2, -0.15) is 0 Å². The number of esters is 1. The molecular formula is C53H99NO5. The molecule has 6 nitrogen and oxygen atoms in total. The van der Waals surface area contributed by atoms with E-state index in [4.69, 9.17) is 4.74 Å². The van der Waals surface area contributed by atoms with Crippen molar-refractivity contribution >= 4 is 11.9 Å². The van der Waals surface area contributed by atoms with E-state index in [2.05, 4.69) is 62.5 Å². The van der Waals surface area contributed by atoms with Crippen molar-refractivity contribution in [2.75, 3.05) is 6.61 Å².